The van der Waals surface area contributed by atoms with Crippen molar-refractivity contribution in [2.75, 3.05) is 0 Å². The molecular formula is C9H4ClNO2S2. The van der Waals surface area contributed by atoms with Crippen molar-refractivity contribution in [2.24, 2.45) is 0 Å². The molecule has 2 aromatic rings. The fourth-order valence-electron chi connectivity index (χ4n) is 1.34. The lowest BCUT2D eigenvalue weighted by atomic mass is 10.2. The summed E-state index contributed by atoms with van der Waals surface area (Å²) in [5.41, 5.74) is 0. The SMILES string of the molecule is N#Cc1sc2ccccc2c1S(=O)(=O)Cl. The lowest BCUT2D eigenvalue weighted by Gasteiger charge is -1.93. The molecule has 0 aliphatic heterocycles. The van der Waals surface area contributed by atoms with Gasteiger partial charge in [0, 0.05) is 20.8 Å². The average Bonchev–Trinajstić information content (AvgIpc) is 2.54. The minimum atomic E-state index is -3.87. The Labute approximate surface area is 94.9 Å². The molecule has 0 atom stereocenters. The Hall–Kier alpha value is -1.09. The zero-order valence-electron chi connectivity index (χ0n) is 7.27. The Balaban J connectivity index is 2.99. The minimum Gasteiger partial charge on any atom is -0.207 e. The van der Waals surface area contributed by atoms with Gasteiger partial charge in [0.15, 0.2) is 0 Å². The van der Waals surface area contributed by atoms with Crippen LogP contribution < -0.4 is 0 Å². The summed E-state index contributed by atoms with van der Waals surface area (Å²) in [4.78, 5) is 0.0541. The number of nitrogens with zero attached hydrogens (tertiary/aromatic N) is 1. The van der Waals surface area contributed by atoms with Crippen LogP contribution in [0.3, 0.4) is 0 Å². The lowest BCUT2D eigenvalue weighted by molar-refractivity contribution is 0.610. The molecule has 0 aliphatic carbocycles. The molecule has 0 bridgehead atoms. The van der Waals surface area contributed by atoms with Crippen LogP contribution in [-0.2, 0) is 9.05 Å². The molecule has 1 aromatic heterocycles. The summed E-state index contributed by atoms with van der Waals surface area (Å²) in [5.74, 6) is 0. The van der Waals surface area contributed by atoms with Crippen LogP contribution in [-0.4, -0.2) is 8.42 Å². The van der Waals surface area contributed by atoms with Gasteiger partial charge in [0.05, 0.1) is 0 Å². The van der Waals surface area contributed by atoms with E-state index in [0.29, 0.717) is 5.39 Å². The monoisotopic (exact) mass is 257 g/mol. The van der Waals surface area contributed by atoms with Gasteiger partial charge in [-0.15, -0.1) is 11.3 Å². The third-order valence-electron chi connectivity index (χ3n) is 1.90. The molecule has 0 aliphatic rings. The van der Waals surface area contributed by atoms with Crippen molar-refractivity contribution in [3.05, 3.63) is 29.1 Å². The van der Waals surface area contributed by atoms with Gasteiger partial charge in [0.25, 0.3) is 9.05 Å². The summed E-state index contributed by atoms with van der Waals surface area (Å²) in [6, 6.07) is 8.74. The highest BCUT2D eigenvalue weighted by atomic mass is 35.7. The van der Waals surface area contributed by atoms with Gasteiger partial charge >= 0.3 is 0 Å². The standard InChI is InChI=1S/C9H4ClNO2S2/c10-15(12,13)9-6-3-1-2-4-7(6)14-8(9)5-11/h1-4H. The summed E-state index contributed by atoms with van der Waals surface area (Å²) < 4.78 is 23.4. The van der Waals surface area contributed by atoms with Crippen LogP contribution in [0.2, 0.25) is 0 Å². The van der Waals surface area contributed by atoms with Crippen LogP contribution in [0, 0.1) is 11.3 Å². The second-order valence-corrected chi connectivity index (χ2v) is 6.36. The third-order valence-corrected chi connectivity index (χ3v) is 4.47. The molecule has 0 spiro atoms. The molecule has 0 fully saturated rings. The van der Waals surface area contributed by atoms with Gasteiger partial charge in [-0.25, -0.2) is 8.42 Å². The van der Waals surface area contributed by atoms with E-state index in [1.807, 2.05) is 6.07 Å². The van der Waals surface area contributed by atoms with E-state index in [0.717, 1.165) is 16.0 Å². The van der Waals surface area contributed by atoms with Crippen molar-refractivity contribution in [1.29, 1.82) is 5.26 Å². The molecule has 76 valence electrons. The van der Waals surface area contributed by atoms with E-state index in [1.54, 1.807) is 24.3 Å². The number of thiophene rings is 1. The van der Waals surface area contributed by atoms with Gasteiger partial charge < -0.3 is 0 Å². The molecule has 1 heterocycles. The van der Waals surface area contributed by atoms with E-state index in [2.05, 4.69) is 0 Å². The molecule has 0 N–H and O–H groups in total. The number of hydrogen-bond donors (Lipinski definition) is 0. The smallest absolute Gasteiger partial charge is 0.207 e. The molecule has 0 saturated carbocycles. The van der Waals surface area contributed by atoms with Crippen molar-refractivity contribution in [1.82, 2.24) is 0 Å². The average molecular weight is 258 g/mol. The van der Waals surface area contributed by atoms with E-state index < -0.39 is 9.05 Å². The van der Waals surface area contributed by atoms with Crippen LogP contribution in [0.15, 0.2) is 29.2 Å². The lowest BCUT2D eigenvalue weighted by Crippen LogP contribution is -1.91. The fraction of sp³-hybridized carbons (Fsp3) is 0. The van der Waals surface area contributed by atoms with Gasteiger partial charge in [-0.2, -0.15) is 5.26 Å². The Kier molecular flexibility index (Phi) is 2.43. The Morgan fingerprint density at radius 3 is 2.60 bits per heavy atom. The molecule has 0 saturated heterocycles. The molecule has 0 radical (unpaired) electrons. The van der Waals surface area contributed by atoms with E-state index >= 15 is 0 Å². The Morgan fingerprint density at radius 1 is 1.33 bits per heavy atom. The largest absolute Gasteiger partial charge is 0.264 e. The normalized spacial score (nSPS) is 11.5. The van der Waals surface area contributed by atoms with E-state index in [1.165, 1.54) is 0 Å². The molecular weight excluding hydrogens is 254 g/mol. The van der Waals surface area contributed by atoms with Gasteiger partial charge in [-0.3, -0.25) is 0 Å². The summed E-state index contributed by atoms with van der Waals surface area (Å²) >= 11 is 1.13. The van der Waals surface area contributed by atoms with Gasteiger partial charge in [-0.1, -0.05) is 18.2 Å². The fourth-order valence-corrected chi connectivity index (χ4v) is 4.08. The summed E-state index contributed by atoms with van der Waals surface area (Å²) in [5, 5.41) is 9.33. The van der Waals surface area contributed by atoms with Crippen LogP contribution >= 0.6 is 22.0 Å². The molecule has 0 unspecified atom stereocenters. The maximum Gasteiger partial charge on any atom is 0.264 e. The Bertz CT molecular complexity index is 667. The van der Waals surface area contributed by atoms with E-state index in [-0.39, 0.29) is 9.77 Å². The first-order chi connectivity index (χ1) is 7.04. The van der Waals surface area contributed by atoms with Crippen molar-refractivity contribution < 1.29 is 8.42 Å². The van der Waals surface area contributed by atoms with Crippen molar-refractivity contribution in [3.63, 3.8) is 0 Å². The maximum absolute atomic E-state index is 11.3. The zero-order valence-corrected chi connectivity index (χ0v) is 9.66. The number of fused-ring (bicyclic) bond motifs is 1. The molecule has 2 rings (SSSR count). The van der Waals surface area contributed by atoms with Gasteiger partial charge in [-0.05, 0) is 6.07 Å². The molecule has 3 nitrogen and oxygen atoms in total. The van der Waals surface area contributed by atoms with Crippen LogP contribution in [0.4, 0.5) is 0 Å². The molecule has 6 heteroatoms. The Morgan fingerprint density at radius 2 is 2.00 bits per heavy atom. The first kappa shape index (κ1) is 10.4. The van der Waals surface area contributed by atoms with E-state index in [4.69, 9.17) is 15.9 Å². The number of rotatable bonds is 1. The van der Waals surface area contributed by atoms with Crippen molar-refractivity contribution in [2.45, 2.75) is 4.90 Å². The summed E-state index contributed by atoms with van der Waals surface area (Å²) in [7, 11) is 1.42. The first-order valence-corrected chi connectivity index (χ1v) is 7.03. The van der Waals surface area contributed by atoms with Crippen molar-refractivity contribution in [3.8, 4) is 6.07 Å². The van der Waals surface area contributed by atoms with Gasteiger partial charge in [0.2, 0.25) is 0 Å². The summed E-state index contributed by atoms with van der Waals surface area (Å²) in [6.07, 6.45) is 0. The third kappa shape index (κ3) is 1.72. The minimum absolute atomic E-state index is 0.0766. The predicted octanol–water partition coefficient (Wildman–Crippen LogP) is 2.70. The van der Waals surface area contributed by atoms with E-state index in [9.17, 15) is 8.42 Å². The maximum atomic E-state index is 11.3. The number of halogens is 1. The molecule has 1 aromatic carbocycles. The van der Waals surface area contributed by atoms with Crippen LogP contribution in [0.1, 0.15) is 4.88 Å². The highest BCUT2D eigenvalue weighted by Crippen LogP contribution is 2.35. The zero-order chi connectivity index (χ0) is 11.1. The first-order valence-electron chi connectivity index (χ1n) is 3.90. The topological polar surface area (TPSA) is 57.9 Å². The number of nitriles is 1. The second-order valence-electron chi connectivity index (χ2n) is 2.81. The van der Waals surface area contributed by atoms with Gasteiger partial charge in [0.1, 0.15) is 15.8 Å². The predicted molar refractivity (Wildman–Crippen MR) is 59.6 cm³/mol. The summed E-state index contributed by atoms with van der Waals surface area (Å²) in [6.45, 7) is 0. The highest BCUT2D eigenvalue weighted by Gasteiger charge is 2.22. The quantitative estimate of drug-likeness (QED) is 0.738. The molecule has 15 heavy (non-hydrogen) atoms. The number of hydrogen-bond acceptors (Lipinski definition) is 4. The molecule has 0 amide bonds. The second kappa shape index (κ2) is 3.49. The van der Waals surface area contributed by atoms with Crippen LogP contribution in [0.25, 0.3) is 10.1 Å². The van der Waals surface area contributed by atoms with Crippen LogP contribution in [0.5, 0.6) is 0 Å². The van der Waals surface area contributed by atoms with Crippen molar-refractivity contribution >= 4 is 41.2 Å². The highest BCUT2D eigenvalue weighted by molar-refractivity contribution is 8.14. The number of benzene rings is 1.